The van der Waals surface area contributed by atoms with Crippen LogP contribution in [-0.4, -0.2) is 45.5 Å². The van der Waals surface area contributed by atoms with E-state index in [2.05, 4.69) is 0 Å². The molecule has 0 aliphatic heterocycles. The van der Waals surface area contributed by atoms with Crippen LogP contribution in [0.25, 0.3) is 0 Å². The molecule has 0 aromatic heterocycles. The van der Waals surface area contributed by atoms with Crippen LogP contribution in [0.4, 0.5) is 9.59 Å². The van der Waals surface area contributed by atoms with Crippen LogP contribution in [0.5, 0.6) is 0 Å². The number of amides is 2. The van der Waals surface area contributed by atoms with Crippen molar-refractivity contribution in [3.8, 4) is 0 Å². The number of hydrogen-bond acceptors (Lipinski definition) is 4. The summed E-state index contributed by atoms with van der Waals surface area (Å²) >= 11 is 0. The zero-order valence-corrected chi connectivity index (χ0v) is 6.88. The molecular formula is C5H12N4O4. The third-order valence-electron chi connectivity index (χ3n) is 1.29. The van der Waals surface area contributed by atoms with Gasteiger partial charge in [0, 0.05) is 13.1 Å². The molecule has 0 saturated heterocycles. The minimum Gasteiger partial charge on any atom is -0.464 e. The largest absolute Gasteiger partial charge is 0.464 e. The Morgan fingerprint density at radius 2 is 1.31 bits per heavy atom. The second-order valence-corrected chi connectivity index (χ2v) is 2.31. The van der Waals surface area contributed by atoms with E-state index < -0.39 is 12.2 Å². The van der Waals surface area contributed by atoms with Crippen LogP contribution in [0.3, 0.4) is 0 Å². The fourth-order valence-corrected chi connectivity index (χ4v) is 0.603. The fraction of sp³-hybridized carbons (Fsp3) is 0.600. The first-order valence-electron chi connectivity index (χ1n) is 3.45. The maximum atomic E-state index is 10.1. The predicted molar refractivity (Wildman–Crippen MR) is 42.5 cm³/mol. The predicted octanol–water partition coefficient (Wildman–Crippen LogP) is -0.916. The topological polar surface area (TPSA) is 133 Å². The van der Waals surface area contributed by atoms with E-state index in [0.29, 0.717) is 10.0 Å². The highest BCUT2D eigenvalue weighted by atomic mass is 16.4. The molecule has 0 aliphatic carbocycles. The van der Waals surface area contributed by atoms with Gasteiger partial charge in [0.15, 0.2) is 0 Å². The van der Waals surface area contributed by atoms with Crippen LogP contribution >= 0.6 is 0 Å². The van der Waals surface area contributed by atoms with Crippen LogP contribution in [0.2, 0.25) is 0 Å². The smallest absolute Gasteiger partial charge is 0.421 e. The van der Waals surface area contributed by atoms with Crippen LogP contribution in [0.15, 0.2) is 0 Å². The van der Waals surface area contributed by atoms with Gasteiger partial charge in [0.2, 0.25) is 0 Å². The molecule has 0 aliphatic rings. The van der Waals surface area contributed by atoms with Crippen LogP contribution in [-0.2, 0) is 0 Å². The Morgan fingerprint density at radius 3 is 1.54 bits per heavy atom. The number of carboxylic acid groups (broad SMARTS) is 2. The Labute approximate surface area is 74.3 Å². The van der Waals surface area contributed by atoms with Gasteiger partial charge in [-0.2, -0.15) is 0 Å². The van der Waals surface area contributed by atoms with Crippen molar-refractivity contribution in [2.24, 2.45) is 11.7 Å². The summed E-state index contributed by atoms with van der Waals surface area (Å²) in [5, 5.41) is 17.7. The first kappa shape index (κ1) is 11.5. The summed E-state index contributed by atoms with van der Waals surface area (Å²) in [5.41, 5.74) is 0. The summed E-state index contributed by atoms with van der Waals surface area (Å²) in [6.45, 7) is 0.0760. The van der Waals surface area contributed by atoms with Gasteiger partial charge in [0.05, 0.1) is 0 Å². The number of rotatable bonds is 4. The summed E-state index contributed by atoms with van der Waals surface area (Å²) in [6.07, 6.45) is -2.27. The van der Waals surface area contributed by atoms with E-state index in [9.17, 15) is 9.59 Å². The number of carbonyl (C=O) groups is 2. The van der Waals surface area contributed by atoms with Gasteiger partial charge in [-0.15, -0.1) is 0 Å². The van der Waals surface area contributed by atoms with E-state index in [-0.39, 0.29) is 19.5 Å². The lowest BCUT2D eigenvalue weighted by Gasteiger charge is -2.15. The SMILES string of the molecule is NN(CCCN(N)C(=O)O)C(=O)O. The van der Waals surface area contributed by atoms with Crippen molar-refractivity contribution in [1.82, 2.24) is 10.0 Å². The first-order chi connectivity index (χ1) is 5.95. The number of hydrazine groups is 2. The molecule has 0 saturated carbocycles. The van der Waals surface area contributed by atoms with Gasteiger partial charge in [0.25, 0.3) is 0 Å². The molecule has 8 nitrogen and oxygen atoms in total. The summed E-state index contributed by atoms with van der Waals surface area (Å²) in [5.74, 6) is 10.0. The van der Waals surface area contributed by atoms with Gasteiger partial charge in [-0.05, 0) is 6.42 Å². The van der Waals surface area contributed by atoms with Crippen LogP contribution in [0.1, 0.15) is 6.42 Å². The van der Waals surface area contributed by atoms with Gasteiger partial charge in [-0.1, -0.05) is 0 Å². The minimum atomic E-state index is -1.26. The molecule has 8 heteroatoms. The molecule has 6 N–H and O–H groups in total. The van der Waals surface area contributed by atoms with E-state index in [1.165, 1.54) is 0 Å². The van der Waals surface area contributed by atoms with Crippen molar-refractivity contribution in [3.63, 3.8) is 0 Å². The van der Waals surface area contributed by atoms with Crippen molar-refractivity contribution in [3.05, 3.63) is 0 Å². The number of nitrogens with zero attached hydrogens (tertiary/aromatic N) is 2. The number of nitrogens with two attached hydrogens (primary N) is 2. The molecule has 2 amide bonds. The summed E-state index contributed by atoms with van der Waals surface area (Å²) < 4.78 is 0. The Bertz CT molecular complexity index is 177. The Balaban J connectivity index is 3.56. The van der Waals surface area contributed by atoms with E-state index >= 15 is 0 Å². The van der Waals surface area contributed by atoms with Gasteiger partial charge in [-0.3, -0.25) is 0 Å². The molecule has 0 atom stereocenters. The fourth-order valence-electron chi connectivity index (χ4n) is 0.603. The van der Waals surface area contributed by atoms with Gasteiger partial charge < -0.3 is 10.2 Å². The second kappa shape index (κ2) is 5.17. The van der Waals surface area contributed by atoms with E-state index in [4.69, 9.17) is 21.9 Å². The lowest BCUT2D eigenvalue weighted by atomic mass is 10.4. The Hall–Kier alpha value is -1.54. The van der Waals surface area contributed by atoms with Crippen molar-refractivity contribution in [2.45, 2.75) is 6.42 Å². The first-order valence-corrected chi connectivity index (χ1v) is 3.45. The summed E-state index contributed by atoms with van der Waals surface area (Å²) in [7, 11) is 0. The van der Waals surface area contributed by atoms with Crippen LogP contribution in [0, 0.1) is 0 Å². The Morgan fingerprint density at radius 1 is 1.00 bits per heavy atom. The van der Waals surface area contributed by atoms with Crippen molar-refractivity contribution < 1.29 is 19.8 Å². The zero-order valence-electron chi connectivity index (χ0n) is 6.88. The van der Waals surface area contributed by atoms with Gasteiger partial charge in [0.1, 0.15) is 0 Å². The highest BCUT2D eigenvalue weighted by Gasteiger charge is 2.08. The molecule has 0 bridgehead atoms. The highest BCUT2D eigenvalue weighted by Crippen LogP contribution is 1.88. The molecule has 0 spiro atoms. The third kappa shape index (κ3) is 4.82. The summed E-state index contributed by atoms with van der Waals surface area (Å²) in [4.78, 5) is 20.3. The van der Waals surface area contributed by atoms with Crippen LogP contribution < -0.4 is 11.7 Å². The second-order valence-electron chi connectivity index (χ2n) is 2.31. The average Bonchev–Trinajstić information content (AvgIpc) is 2.03. The molecule has 0 rings (SSSR count). The monoisotopic (exact) mass is 192 g/mol. The lowest BCUT2D eigenvalue weighted by Crippen LogP contribution is -2.41. The summed E-state index contributed by atoms with van der Waals surface area (Å²) in [6, 6.07) is 0. The average molecular weight is 192 g/mol. The molecule has 0 aromatic rings. The molecule has 13 heavy (non-hydrogen) atoms. The Kier molecular flexibility index (Phi) is 4.55. The molecule has 0 unspecified atom stereocenters. The van der Waals surface area contributed by atoms with E-state index in [1.54, 1.807) is 0 Å². The van der Waals surface area contributed by atoms with Crippen molar-refractivity contribution in [2.75, 3.05) is 13.1 Å². The van der Waals surface area contributed by atoms with Gasteiger partial charge >= 0.3 is 12.2 Å². The van der Waals surface area contributed by atoms with Crippen molar-refractivity contribution >= 4 is 12.2 Å². The highest BCUT2D eigenvalue weighted by molar-refractivity contribution is 5.64. The zero-order chi connectivity index (χ0) is 10.4. The van der Waals surface area contributed by atoms with Crippen molar-refractivity contribution in [1.29, 1.82) is 0 Å². The number of hydrogen-bond donors (Lipinski definition) is 4. The maximum Gasteiger partial charge on any atom is 0.421 e. The van der Waals surface area contributed by atoms with E-state index in [0.717, 1.165) is 0 Å². The lowest BCUT2D eigenvalue weighted by molar-refractivity contribution is 0.134. The van der Waals surface area contributed by atoms with Gasteiger partial charge in [-0.25, -0.2) is 31.3 Å². The minimum absolute atomic E-state index is 0.0380. The van der Waals surface area contributed by atoms with E-state index in [1.807, 2.05) is 0 Å². The molecule has 0 heterocycles. The normalized spacial score (nSPS) is 9.38. The quantitative estimate of drug-likeness (QED) is 0.258. The third-order valence-corrected chi connectivity index (χ3v) is 1.29. The molecule has 76 valence electrons. The maximum absolute atomic E-state index is 10.1. The molecule has 0 aromatic carbocycles. The molecule has 0 radical (unpaired) electrons. The standard InChI is InChI=1S/C5H12N4O4/c6-8(4(10)11)2-1-3-9(7)5(12)13/h1-3,6-7H2,(H,10,11)(H,12,13). The molecule has 0 fully saturated rings. The molecular weight excluding hydrogens is 180 g/mol.